The summed E-state index contributed by atoms with van der Waals surface area (Å²) in [7, 11) is -2.44. The summed E-state index contributed by atoms with van der Waals surface area (Å²) in [6.45, 7) is 3.19. The van der Waals surface area contributed by atoms with Gasteiger partial charge in [0.1, 0.15) is 16.0 Å². The number of halogens is 1. The third kappa shape index (κ3) is 4.30. The van der Waals surface area contributed by atoms with E-state index in [0.717, 1.165) is 25.7 Å². The van der Waals surface area contributed by atoms with Crippen LogP contribution in [-0.4, -0.2) is 35.2 Å². The number of rotatable bonds is 5. The highest BCUT2D eigenvalue weighted by molar-refractivity contribution is 7.90. The maximum atomic E-state index is 12.6. The highest BCUT2D eigenvalue weighted by Crippen LogP contribution is 2.28. The standard InChI is InChI=1S/C18H23ClN4O4S/c1-11-16(12(2)23(3)21-11)28(25,26)22-17(24)13-9-15(19)18(20-10-13)27-14-7-5-4-6-8-14/h9-10,14H,4-8H2,1-3H3,(H,22,24). The second-order valence-corrected chi connectivity index (χ2v) is 8.97. The predicted molar refractivity (Wildman–Crippen MR) is 104 cm³/mol. The third-order valence-corrected chi connectivity index (χ3v) is 6.69. The summed E-state index contributed by atoms with van der Waals surface area (Å²) >= 11 is 6.20. The minimum Gasteiger partial charge on any atom is -0.473 e. The van der Waals surface area contributed by atoms with Gasteiger partial charge in [0.25, 0.3) is 15.9 Å². The van der Waals surface area contributed by atoms with Crippen molar-refractivity contribution in [2.75, 3.05) is 0 Å². The van der Waals surface area contributed by atoms with E-state index in [1.165, 1.54) is 23.4 Å². The molecule has 0 unspecified atom stereocenters. The molecule has 0 saturated heterocycles. The number of carbonyl (C=O) groups is 1. The first-order chi connectivity index (χ1) is 13.2. The van der Waals surface area contributed by atoms with Crippen LogP contribution in [0.3, 0.4) is 0 Å². The van der Waals surface area contributed by atoms with Gasteiger partial charge >= 0.3 is 0 Å². The van der Waals surface area contributed by atoms with Gasteiger partial charge in [0, 0.05) is 13.2 Å². The van der Waals surface area contributed by atoms with Gasteiger partial charge in [0.05, 0.1) is 17.0 Å². The summed E-state index contributed by atoms with van der Waals surface area (Å²) < 4.78 is 34.6. The summed E-state index contributed by atoms with van der Waals surface area (Å²) in [4.78, 5) is 16.6. The molecule has 2 aromatic rings. The molecular formula is C18H23ClN4O4S. The number of ether oxygens (including phenoxy) is 1. The lowest BCUT2D eigenvalue weighted by molar-refractivity contribution is 0.0980. The van der Waals surface area contributed by atoms with Crippen LogP contribution in [0.1, 0.15) is 53.8 Å². The second-order valence-electron chi connectivity index (χ2n) is 6.95. The first-order valence-corrected chi connectivity index (χ1v) is 10.9. The molecule has 8 nitrogen and oxygen atoms in total. The number of nitrogens with one attached hydrogen (secondary N) is 1. The molecule has 1 amide bonds. The fraction of sp³-hybridized carbons (Fsp3) is 0.500. The molecule has 2 aromatic heterocycles. The third-order valence-electron chi connectivity index (χ3n) is 4.84. The molecule has 0 radical (unpaired) electrons. The smallest absolute Gasteiger partial charge is 0.267 e. The average Bonchev–Trinajstić information content (AvgIpc) is 2.89. The minimum absolute atomic E-state index is 0.0142. The van der Waals surface area contributed by atoms with Crippen molar-refractivity contribution in [3.8, 4) is 5.88 Å². The maximum Gasteiger partial charge on any atom is 0.267 e. The van der Waals surface area contributed by atoms with Gasteiger partial charge in [-0.1, -0.05) is 18.0 Å². The molecule has 1 N–H and O–H groups in total. The van der Waals surface area contributed by atoms with E-state index in [2.05, 4.69) is 14.8 Å². The first-order valence-electron chi connectivity index (χ1n) is 9.08. The summed E-state index contributed by atoms with van der Waals surface area (Å²) in [5, 5.41) is 4.24. The van der Waals surface area contributed by atoms with Crippen molar-refractivity contribution < 1.29 is 17.9 Å². The zero-order chi connectivity index (χ0) is 20.5. The molecule has 1 fully saturated rings. The Kier molecular flexibility index (Phi) is 5.95. The van der Waals surface area contributed by atoms with Crippen LogP contribution in [0.15, 0.2) is 17.2 Å². The molecule has 0 atom stereocenters. The van der Waals surface area contributed by atoms with Crippen LogP contribution in [0, 0.1) is 13.8 Å². The van der Waals surface area contributed by atoms with E-state index in [-0.39, 0.29) is 27.5 Å². The molecule has 1 aliphatic rings. The van der Waals surface area contributed by atoms with Gasteiger partial charge in [-0.25, -0.2) is 18.1 Å². The number of hydrogen-bond donors (Lipinski definition) is 1. The van der Waals surface area contributed by atoms with E-state index in [9.17, 15) is 13.2 Å². The van der Waals surface area contributed by atoms with Gasteiger partial charge in [0.15, 0.2) is 0 Å². The zero-order valence-corrected chi connectivity index (χ0v) is 17.6. The Balaban J connectivity index is 1.76. The topological polar surface area (TPSA) is 103 Å². The number of carbonyl (C=O) groups excluding carboxylic acids is 1. The van der Waals surface area contributed by atoms with E-state index < -0.39 is 15.9 Å². The summed E-state index contributed by atoms with van der Waals surface area (Å²) in [6, 6.07) is 1.36. The molecule has 3 rings (SSSR count). The predicted octanol–water partition coefficient (Wildman–Crippen LogP) is 2.92. The Bertz CT molecular complexity index is 997. The van der Waals surface area contributed by atoms with Crippen LogP contribution in [0.25, 0.3) is 0 Å². The minimum atomic E-state index is -4.08. The van der Waals surface area contributed by atoms with Crippen LogP contribution in [-0.2, 0) is 17.1 Å². The Morgan fingerprint density at radius 3 is 2.54 bits per heavy atom. The van der Waals surface area contributed by atoms with Crippen LogP contribution in [0.5, 0.6) is 5.88 Å². The Morgan fingerprint density at radius 2 is 1.96 bits per heavy atom. The van der Waals surface area contributed by atoms with E-state index in [1.807, 2.05) is 0 Å². The second kappa shape index (κ2) is 8.08. The molecule has 0 spiro atoms. The molecule has 0 bridgehead atoms. The number of aryl methyl sites for hydroxylation is 2. The fourth-order valence-corrected chi connectivity index (χ4v) is 4.98. The Morgan fingerprint density at radius 1 is 1.29 bits per heavy atom. The first kappa shape index (κ1) is 20.6. The Labute approximate surface area is 169 Å². The molecule has 0 aliphatic heterocycles. The largest absolute Gasteiger partial charge is 0.473 e. The monoisotopic (exact) mass is 426 g/mol. The maximum absolute atomic E-state index is 12.6. The zero-order valence-electron chi connectivity index (χ0n) is 16.0. The van der Waals surface area contributed by atoms with Crippen molar-refractivity contribution in [3.63, 3.8) is 0 Å². The van der Waals surface area contributed by atoms with Crippen LogP contribution < -0.4 is 9.46 Å². The average molecular weight is 427 g/mol. The van der Waals surface area contributed by atoms with Gasteiger partial charge in [-0.15, -0.1) is 0 Å². The van der Waals surface area contributed by atoms with Crippen molar-refractivity contribution in [2.24, 2.45) is 7.05 Å². The lowest BCUT2D eigenvalue weighted by Gasteiger charge is -2.22. The molecule has 1 saturated carbocycles. The van der Waals surface area contributed by atoms with E-state index in [0.29, 0.717) is 11.4 Å². The lowest BCUT2D eigenvalue weighted by Crippen LogP contribution is -2.31. The summed E-state index contributed by atoms with van der Waals surface area (Å²) in [5.41, 5.74) is 0.779. The SMILES string of the molecule is Cc1nn(C)c(C)c1S(=O)(=O)NC(=O)c1cnc(OC2CCCCC2)c(Cl)c1. The number of nitrogens with zero attached hydrogens (tertiary/aromatic N) is 3. The molecule has 10 heteroatoms. The normalized spacial score (nSPS) is 15.4. The Hall–Kier alpha value is -2.13. The highest BCUT2D eigenvalue weighted by Gasteiger charge is 2.27. The highest BCUT2D eigenvalue weighted by atomic mass is 35.5. The van der Waals surface area contributed by atoms with Crippen LogP contribution in [0.2, 0.25) is 5.02 Å². The van der Waals surface area contributed by atoms with Gasteiger partial charge in [-0.05, 0) is 45.6 Å². The van der Waals surface area contributed by atoms with Crippen LogP contribution >= 0.6 is 11.6 Å². The molecule has 28 heavy (non-hydrogen) atoms. The number of amides is 1. The van der Waals surface area contributed by atoms with Crippen molar-refractivity contribution in [2.45, 2.75) is 57.0 Å². The molecule has 152 valence electrons. The quantitative estimate of drug-likeness (QED) is 0.788. The van der Waals surface area contributed by atoms with Crippen molar-refractivity contribution in [3.05, 3.63) is 34.2 Å². The molecule has 2 heterocycles. The molecular weight excluding hydrogens is 404 g/mol. The number of sulfonamides is 1. The fourth-order valence-electron chi connectivity index (χ4n) is 3.35. The lowest BCUT2D eigenvalue weighted by atomic mass is 9.98. The van der Waals surface area contributed by atoms with E-state index >= 15 is 0 Å². The van der Waals surface area contributed by atoms with Gasteiger partial charge in [0.2, 0.25) is 5.88 Å². The number of pyridine rings is 1. The number of aromatic nitrogens is 3. The summed E-state index contributed by atoms with van der Waals surface area (Å²) in [6.07, 6.45) is 6.63. The van der Waals surface area contributed by atoms with Gasteiger partial charge < -0.3 is 4.74 Å². The van der Waals surface area contributed by atoms with Crippen molar-refractivity contribution in [1.29, 1.82) is 0 Å². The van der Waals surface area contributed by atoms with Gasteiger partial charge in [-0.2, -0.15) is 5.10 Å². The van der Waals surface area contributed by atoms with Crippen molar-refractivity contribution >= 4 is 27.5 Å². The van der Waals surface area contributed by atoms with E-state index in [4.69, 9.17) is 16.3 Å². The van der Waals surface area contributed by atoms with Crippen molar-refractivity contribution in [1.82, 2.24) is 19.5 Å². The summed E-state index contributed by atoms with van der Waals surface area (Å²) in [5.74, 6) is -0.562. The van der Waals surface area contributed by atoms with E-state index in [1.54, 1.807) is 20.9 Å². The molecule has 1 aliphatic carbocycles. The van der Waals surface area contributed by atoms with Gasteiger partial charge in [-0.3, -0.25) is 9.48 Å². The van der Waals surface area contributed by atoms with Crippen LogP contribution in [0.4, 0.5) is 0 Å². The molecule has 0 aromatic carbocycles. The number of hydrogen-bond acceptors (Lipinski definition) is 6.